The highest BCUT2D eigenvalue weighted by Gasteiger charge is 2.04. The molecule has 1 aromatic carbocycles. The maximum atomic E-state index is 5.82. The van der Waals surface area contributed by atoms with E-state index in [1.807, 2.05) is 18.3 Å². The predicted octanol–water partition coefficient (Wildman–Crippen LogP) is 4.50. The van der Waals surface area contributed by atoms with Gasteiger partial charge in [0.15, 0.2) is 0 Å². The normalized spacial score (nSPS) is 10.6. The quantitative estimate of drug-likeness (QED) is 0.729. The summed E-state index contributed by atoms with van der Waals surface area (Å²) in [6.45, 7) is 2.19. The lowest BCUT2D eigenvalue weighted by Gasteiger charge is -1.98. The van der Waals surface area contributed by atoms with E-state index in [-0.39, 0.29) is 0 Å². The number of aryl methyl sites for hydroxylation is 1. The highest BCUT2D eigenvalue weighted by atomic mass is 35.5. The molecule has 0 fully saturated rings. The molecule has 0 saturated carbocycles. The molecule has 0 amide bonds. The van der Waals surface area contributed by atoms with E-state index in [1.54, 1.807) is 11.3 Å². The summed E-state index contributed by atoms with van der Waals surface area (Å²) in [6, 6.07) is 8.27. The SMILES string of the molecule is CCCc1cnc(-c2cccc(CCl)c2)s1. The first-order chi connectivity index (χ1) is 7.83. The molecule has 16 heavy (non-hydrogen) atoms. The second kappa shape index (κ2) is 5.46. The minimum atomic E-state index is 0.557. The van der Waals surface area contributed by atoms with Crippen LogP contribution in [0.5, 0.6) is 0 Å². The van der Waals surface area contributed by atoms with Gasteiger partial charge >= 0.3 is 0 Å². The predicted molar refractivity (Wildman–Crippen MR) is 71.1 cm³/mol. The van der Waals surface area contributed by atoms with Crippen molar-refractivity contribution in [3.05, 3.63) is 40.9 Å². The van der Waals surface area contributed by atoms with Crippen molar-refractivity contribution in [2.45, 2.75) is 25.6 Å². The summed E-state index contributed by atoms with van der Waals surface area (Å²) in [6.07, 6.45) is 4.27. The van der Waals surface area contributed by atoms with Crippen LogP contribution in [0.4, 0.5) is 0 Å². The van der Waals surface area contributed by atoms with Crippen LogP contribution < -0.4 is 0 Å². The first-order valence-electron chi connectivity index (χ1n) is 5.43. The van der Waals surface area contributed by atoms with Gasteiger partial charge < -0.3 is 0 Å². The molecule has 0 N–H and O–H groups in total. The lowest BCUT2D eigenvalue weighted by molar-refractivity contribution is 0.936. The Balaban J connectivity index is 2.27. The van der Waals surface area contributed by atoms with E-state index in [1.165, 1.54) is 16.9 Å². The van der Waals surface area contributed by atoms with Gasteiger partial charge in [0.2, 0.25) is 0 Å². The van der Waals surface area contributed by atoms with E-state index < -0.39 is 0 Å². The Bertz CT molecular complexity index is 464. The maximum absolute atomic E-state index is 5.82. The van der Waals surface area contributed by atoms with Crippen LogP contribution in [0, 0.1) is 0 Å². The van der Waals surface area contributed by atoms with Gasteiger partial charge in [-0.25, -0.2) is 4.98 Å². The van der Waals surface area contributed by atoms with Gasteiger partial charge in [-0.1, -0.05) is 31.5 Å². The lowest BCUT2D eigenvalue weighted by atomic mass is 10.1. The average molecular weight is 252 g/mol. The Hall–Kier alpha value is -0.860. The van der Waals surface area contributed by atoms with Crippen LogP contribution >= 0.6 is 22.9 Å². The average Bonchev–Trinajstić information content (AvgIpc) is 2.78. The topological polar surface area (TPSA) is 12.9 Å². The second-order valence-corrected chi connectivity index (χ2v) is 5.10. The molecule has 0 bridgehead atoms. The van der Waals surface area contributed by atoms with Crippen molar-refractivity contribution in [1.82, 2.24) is 4.98 Å². The number of aromatic nitrogens is 1. The van der Waals surface area contributed by atoms with Gasteiger partial charge in [0.05, 0.1) is 0 Å². The highest BCUT2D eigenvalue weighted by Crippen LogP contribution is 2.26. The number of nitrogens with zero attached hydrogens (tertiary/aromatic N) is 1. The fourth-order valence-electron chi connectivity index (χ4n) is 1.59. The monoisotopic (exact) mass is 251 g/mol. The Morgan fingerprint density at radius 2 is 2.25 bits per heavy atom. The van der Waals surface area contributed by atoms with Gasteiger partial charge in [-0.3, -0.25) is 0 Å². The molecule has 1 aromatic heterocycles. The van der Waals surface area contributed by atoms with E-state index >= 15 is 0 Å². The number of alkyl halides is 1. The fourth-order valence-corrected chi connectivity index (χ4v) is 2.77. The Morgan fingerprint density at radius 3 is 3.00 bits per heavy atom. The number of benzene rings is 1. The summed E-state index contributed by atoms with van der Waals surface area (Å²) in [7, 11) is 0. The molecule has 0 spiro atoms. The van der Waals surface area contributed by atoms with E-state index in [2.05, 4.69) is 24.0 Å². The van der Waals surface area contributed by atoms with Crippen LogP contribution in [0.1, 0.15) is 23.8 Å². The largest absolute Gasteiger partial charge is 0.244 e. The van der Waals surface area contributed by atoms with E-state index in [0.29, 0.717) is 5.88 Å². The lowest BCUT2D eigenvalue weighted by Crippen LogP contribution is -1.79. The summed E-state index contributed by atoms with van der Waals surface area (Å²) < 4.78 is 0. The van der Waals surface area contributed by atoms with Gasteiger partial charge in [-0.15, -0.1) is 22.9 Å². The molecule has 0 atom stereocenters. The standard InChI is InChI=1S/C13H14ClNS/c1-2-4-12-9-15-13(16-12)11-6-3-5-10(7-11)8-14/h3,5-7,9H,2,4,8H2,1H3. The van der Waals surface area contributed by atoms with Gasteiger partial charge in [0, 0.05) is 22.5 Å². The molecule has 0 radical (unpaired) electrons. The molecule has 0 aliphatic rings. The van der Waals surface area contributed by atoms with Crippen molar-refractivity contribution in [1.29, 1.82) is 0 Å². The second-order valence-electron chi connectivity index (χ2n) is 3.72. The highest BCUT2D eigenvalue weighted by molar-refractivity contribution is 7.15. The van der Waals surface area contributed by atoms with Gasteiger partial charge in [0.25, 0.3) is 0 Å². The molecular formula is C13H14ClNS. The molecule has 2 aromatic rings. The first-order valence-corrected chi connectivity index (χ1v) is 6.78. The minimum absolute atomic E-state index is 0.557. The molecule has 0 aliphatic heterocycles. The molecule has 0 aliphatic carbocycles. The minimum Gasteiger partial charge on any atom is -0.244 e. The van der Waals surface area contributed by atoms with Crippen molar-refractivity contribution in [3.8, 4) is 10.6 Å². The van der Waals surface area contributed by atoms with Gasteiger partial charge in [-0.2, -0.15) is 0 Å². The summed E-state index contributed by atoms with van der Waals surface area (Å²) in [4.78, 5) is 5.81. The third-order valence-electron chi connectivity index (χ3n) is 2.38. The zero-order chi connectivity index (χ0) is 11.4. The maximum Gasteiger partial charge on any atom is 0.123 e. The first kappa shape index (κ1) is 11.6. The summed E-state index contributed by atoms with van der Waals surface area (Å²) in [5.74, 6) is 0.557. The van der Waals surface area contributed by atoms with Crippen molar-refractivity contribution in [2.24, 2.45) is 0 Å². The zero-order valence-corrected chi connectivity index (χ0v) is 10.8. The fraction of sp³-hybridized carbons (Fsp3) is 0.308. The number of rotatable bonds is 4. The molecule has 1 nitrogen and oxygen atoms in total. The Kier molecular flexibility index (Phi) is 3.97. The Labute approximate surface area is 105 Å². The number of hydrogen-bond donors (Lipinski definition) is 0. The molecule has 2 rings (SSSR count). The van der Waals surface area contributed by atoms with Crippen molar-refractivity contribution in [2.75, 3.05) is 0 Å². The van der Waals surface area contributed by atoms with Crippen LogP contribution in [0.2, 0.25) is 0 Å². The van der Waals surface area contributed by atoms with Crippen LogP contribution in [-0.2, 0) is 12.3 Å². The van der Waals surface area contributed by atoms with Crippen LogP contribution in [0.25, 0.3) is 10.6 Å². The smallest absolute Gasteiger partial charge is 0.123 e. The van der Waals surface area contributed by atoms with E-state index in [0.717, 1.165) is 17.0 Å². The van der Waals surface area contributed by atoms with Gasteiger partial charge in [-0.05, 0) is 18.1 Å². The number of halogens is 1. The van der Waals surface area contributed by atoms with E-state index in [4.69, 9.17) is 11.6 Å². The molecule has 3 heteroatoms. The summed E-state index contributed by atoms with van der Waals surface area (Å²) in [5.41, 5.74) is 2.32. The molecular weight excluding hydrogens is 238 g/mol. The molecule has 0 unspecified atom stereocenters. The summed E-state index contributed by atoms with van der Waals surface area (Å²) >= 11 is 7.60. The van der Waals surface area contributed by atoms with Gasteiger partial charge in [0.1, 0.15) is 5.01 Å². The van der Waals surface area contributed by atoms with Crippen molar-refractivity contribution >= 4 is 22.9 Å². The number of thiazole rings is 1. The van der Waals surface area contributed by atoms with Crippen LogP contribution in [0.3, 0.4) is 0 Å². The third kappa shape index (κ3) is 2.63. The van der Waals surface area contributed by atoms with Crippen molar-refractivity contribution < 1.29 is 0 Å². The molecule has 0 saturated heterocycles. The van der Waals surface area contributed by atoms with Crippen LogP contribution in [-0.4, -0.2) is 4.98 Å². The van der Waals surface area contributed by atoms with Crippen LogP contribution in [0.15, 0.2) is 30.5 Å². The third-order valence-corrected chi connectivity index (χ3v) is 3.79. The Morgan fingerprint density at radius 1 is 1.38 bits per heavy atom. The van der Waals surface area contributed by atoms with Crippen molar-refractivity contribution in [3.63, 3.8) is 0 Å². The number of hydrogen-bond acceptors (Lipinski definition) is 2. The molecule has 84 valence electrons. The molecule has 1 heterocycles. The van der Waals surface area contributed by atoms with E-state index in [9.17, 15) is 0 Å². The summed E-state index contributed by atoms with van der Waals surface area (Å²) in [5, 5.41) is 1.09. The zero-order valence-electron chi connectivity index (χ0n) is 9.24.